The monoisotopic (exact) mass is 190 g/mol. The van der Waals surface area contributed by atoms with Crippen LogP contribution in [0.2, 0.25) is 0 Å². The van der Waals surface area contributed by atoms with Crippen LogP contribution in [0.3, 0.4) is 0 Å². The molecule has 0 saturated carbocycles. The second kappa shape index (κ2) is 3.54. The van der Waals surface area contributed by atoms with E-state index in [9.17, 15) is 8.78 Å². The zero-order valence-electron chi connectivity index (χ0n) is 7.17. The number of nitrogens with zero attached hydrogens (tertiary/aromatic N) is 1. The van der Waals surface area contributed by atoms with Crippen molar-refractivity contribution in [2.24, 2.45) is 0 Å². The third-order valence-corrected chi connectivity index (χ3v) is 1.85. The fraction of sp³-hybridized carbons (Fsp3) is 0. The Morgan fingerprint density at radius 3 is 2.93 bits per heavy atom. The van der Waals surface area contributed by atoms with Gasteiger partial charge in [0.2, 0.25) is 0 Å². The Morgan fingerprint density at radius 1 is 1.29 bits per heavy atom. The summed E-state index contributed by atoms with van der Waals surface area (Å²) >= 11 is 0. The van der Waals surface area contributed by atoms with Crippen molar-refractivity contribution in [3.05, 3.63) is 48.2 Å². The minimum atomic E-state index is -1.69. The first-order valence-electron chi connectivity index (χ1n) is 4.05. The molecule has 1 radical (unpaired) electrons. The lowest BCUT2D eigenvalue weighted by molar-refractivity contribution is 0.429. The van der Waals surface area contributed by atoms with Crippen LogP contribution in [0.1, 0.15) is 5.56 Å². The number of benzene rings is 1. The van der Waals surface area contributed by atoms with E-state index in [0.717, 1.165) is 17.0 Å². The van der Waals surface area contributed by atoms with E-state index in [4.69, 9.17) is 0 Å². The smallest absolute Gasteiger partial charge is 0.246 e. The SMILES string of the molecule is FC(F)=Cc1ccc2n[c]ccc2c1. The molecule has 0 aliphatic rings. The molecular weight excluding hydrogens is 184 g/mol. The molecule has 3 heteroatoms. The Morgan fingerprint density at radius 2 is 2.14 bits per heavy atom. The Labute approximate surface area is 79.7 Å². The molecule has 0 bridgehead atoms. The maximum atomic E-state index is 12.0. The molecule has 1 heterocycles. The van der Waals surface area contributed by atoms with Gasteiger partial charge in [0.05, 0.1) is 11.7 Å². The first-order chi connectivity index (χ1) is 6.75. The van der Waals surface area contributed by atoms with Crippen LogP contribution in [0.4, 0.5) is 8.78 Å². The highest BCUT2D eigenvalue weighted by Crippen LogP contribution is 2.16. The molecule has 0 aliphatic carbocycles. The average Bonchev–Trinajstić information content (AvgIpc) is 2.17. The topological polar surface area (TPSA) is 12.9 Å². The van der Waals surface area contributed by atoms with Crippen molar-refractivity contribution in [2.45, 2.75) is 0 Å². The molecule has 0 N–H and O–H groups in total. The highest BCUT2D eigenvalue weighted by molar-refractivity contribution is 5.80. The van der Waals surface area contributed by atoms with E-state index in [-0.39, 0.29) is 0 Å². The van der Waals surface area contributed by atoms with E-state index in [1.165, 1.54) is 0 Å². The normalized spacial score (nSPS) is 10.1. The number of fused-ring (bicyclic) bond motifs is 1. The van der Waals surface area contributed by atoms with Gasteiger partial charge in [-0.05, 0) is 23.8 Å². The van der Waals surface area contributed by atoms with Crippen LogP contribution in [0.25, 0.3) is 17.0 Å². The Balaban J connectivity index is 2.57. The summed E-state index contributed by atoms with van der Waals surface area (Å²) in [5.41, 5.74) is 1.23. The molecule has 0 saturated heterocycles. The van der Waals surface area contributed by atoms with Crippen LogP contribution >= 0.6 is 0 Å². The highest BCUT2D eigenvalue weighted by atomic mass is 19.3. The maximum absolute atomic E-state index is 12.0. The summed E-state index contributed by atoms with van der Waals surface area (Å²) in [4.78, 5) is 3.97. The van der Waals surface area contributed by atoms with Crippen LogP contribution in [0, 0.1) is 6.20 Å². The molecule has 0 spiro atoms. The van der Waals surface area contributed by atoms with Gasteiger partial charge in [0.25, 0.3) is 6.08 Å². The molecule has 69 valence electrons. The van der Waals surface area contributed by atoms with Gasteiger partial charge in [-0.25, -0.2) is 4.98 Å². The quantitative estimate of drug-likeness (QED) is 0.672. The molecule has 2 rings (SSSR count). The van der Waals surface area contributed by atoms with Gasteiger partial charge in [-0.3, -0.25) is 0 Å². The van der Waals surface area contributed by atoms with Gasteiger partial charge in [0.15, 0.2) is 0 Å². The molecule has 0 unspecified atom stereocenters. The summed E-state index contributed by atoms with van der Waals surface area (Å²) in [7, 11) is 0. The third-order valence-electron chi connectivity index (χ3n) is 1.85. The van der Waals surface area contributed by atoms with Gasteiger partial charge in [0.1, 0.15) is 0 Å². The van der Waals surface area contributed by atoms with E-state index in [1.54, 1.807) is 30.3 Å². The van der Waals surface area contributed by atoms with Crippen molar-refractivity contribution in [3.8, 4) is 0 Å². The number of pyridine rings is 1. The molecular formula is C11H6F2N. The van der Waals surface area contributed by atoms with Gasteiger partial charge in [-0.15, -0.1) is 0 Å². The summed E-state index contributed by atoms with van der Waals surface area (Å²) in [6, 6.07) is 8.40. The van der Waals surface area contributed by atoms with E-state index < -0.39 is 6.08 Å². The molecule has 1 nitrogen and oxygen atoms in total. The lowest BCUT2D eigenvalue weighted by atomic mass is 10.1. The summed E-state index contributed by atoms with van der Waals surface area (Å²) in [6.07, 6.45) is 1.82. The summed E-state index contributed by atoms with van der Waals surface area (Å²) < 4.78 is 23.9. The summed E-state index contributed by atoms with van der Waals surface area (Å²) in [5, 5.41) is 0.832. The number of rotatable bonds is 1. The fourth-order valence-electron chi connectivity index (χ4n) is 1.26. The minimum absolute atomic E-state index is 0.477. The molecule has 14 heavy (non-hydrogen) atoms. The van der Waals surface area contributed by atoms with Crippen LogP contribution in [-0.2, 0) is 0 Å². The Kier molecular flexibility index (Phi) is 2.23. The van der Waals surface area contributed by atoms with E-state index in [0.29, 0.717) is 5.56 Å². The predicted octanol–water partition coefficient (Wildman–Crippen LogP) is 3.27. The first-order valence-corrected chi connectivity index (χ1v) is 4.05. The molecule has 0 amide bonds. The summed E-state index contributed by atoms with van der Waals surface area (Å²) in [6.45, 7) is 0. The van der Waals surface area contributed by atoms with Crippen LogP contribution in [0.5, 0.6) is 0 Å². The molecule has 0 atom stereocenters. The number of hydrogen-bond donors (Lipinski definition) is 0. The van der Waals surface area contributed by atoms with Gasteiger partial charge in [0, 0.05) is 11.5 Å². The Hall–Kier alpha value is -1.77. The van der Waals surface area contributed by atoms with E-state index in [1.807, 2.05) is 0 Å². The zero-order chi connectivity index (χ0) is 9.97. The zero-order valence-corrected chi connectivity index (χ0v) is 7.17. The van der Waals surface area contributed by atoms with Crippen LogP contribution in [0.15, 0.2) is 36.4 Å². The van der Waals surface area contributed by atoms with Crippen molar-refractivity contribution in [1.82, 2.24) is 4.98 Å². The Bertz CT molecular complexity index is 487. The standard InChI is InChI=1S/C11H6F2N/c12-11(13)7-8-3-4-10-9(6-8)2-1-5-14-10/h1-4,6-7H. The molecule has 0 fully saturated rings. The number of hydrogen-bond acceptors (Lipinski definition) is 1. The lowest BCUT2D eigenvalue weighted by Crippen LogP contribution is -1.79. The van der Waals surface area contributed by atoms with Crippen molar-refractivity contribution in [1.29, 1.82) is 0 Å². The molecule has 1 aromatic carbocycles. The van der Waals surface area contributed by atoms with E-state index >= 15 is 0 Å². The first kappa shape index (κ1) is 8.81. The second-order valence-electron chi connectivity index (χ2n) is 2.83. The van der Waals surface area contributed by atoms with Gasteiger partial charge in [-0.2, -0.15) is 8.78 Å². The van der Waals surface area contributed by atoms with Gasteiger partial charge in [-0.1, -0.05) is 12.1 Å². The fourth-order valence-corrected chi connectivity index (χ4v) is 1.26. The molecule has 0 aliphatic heterocycles. The van der Waals surface area contributed by atoms with Crippen LogP contribution < -0.4 is 0 Å². The number of aromatic nitrogens is 1. The second-order valence-corrected chi connectivity index (χ2v) is 2.83. The van der Waals surface area contributed by atoms with Gasteiger partial charge >= 0.3 is 0 Å². The van der Waals surface area contributed by atoms with Crippen molar-refractivity contribution in [2.75, 3.05) is 0 Å². The van der Waals surface area contributed by atoms with Crippen LogP contribution in [-0.4, -0.2) is 4.98 Å². The summed E-state index contributed by atoms with van der Waals surface area (Å²) in [5.74, 6) is 0. The minimum Gasteiger partial charge on any atom is -0.246 e. The molecule has 1 aromatic heterocycles. The average molecular weight is 190 g/mol. The predicted molar refractivity (Wildman–Crippen MR) is 50.8 cm³/mol. The highest BCUT2D eigenvalue weighted by Gasteiger charge is 1.96. The third kappa shape index (κ3) is 1.76. The van der Waals surface area contributed by atoms with Crippen molar-refractivity contribution >= 4 is 17.0 Å². The van der Waals surface area contributed by atoms with E-state index in [2.05, 4.69) is 11.2 Å². The largest absolute Gasteiger partial charge is 0.270 e. The van der Waals surface area contributed by atoms with Crippen molar-refractivity contribution in [3.63, 3.8) is 0 Å². The van der Waals surface area contributed by atoms with Gasteiger partial charge < -0.3 is 0 Å². The maximum Gasteiger partial charge on any atom is 0.270 e. The lowest BCUT2D eigenvalue weighted by Gasteiger charge is -1.97. The van der Waals surface area contributed by atoms with Crippen molar-refractivity contribution < 1.29 is 8.78 Å². The molecule has 2 aromatic rings. The number of halogens is 2.